The summed E-state index contributed by atoms with van der Waals surface area (Å²) in [5.41, 5.74) is -0.476. The number of amides is 1. The lowest BCUT2D eigenvalue weighted by atomic mass is 9.92. The van der Waals surface area contributed by atoms with Gasteiger partial charge in [-0.25, -0.2) is 13.8 Å². The fraction of sp³-hybridized carbons (Fsp3) is 0.429. The van der Waals surface area contributed by atoms with Crippen LogP contribution in [0.5, 0.6) is 5.88 Å². The Morgan fingerprint density at radius 2 is 2.07 bits per heavy atom. The van der Waals surface area contributed by atoms with Crippen molar-refractivity contribution in [3.63, 3.8) is 0 Å². The van der Waals surface area contributed by atoms with Crippen LogP contribution in [0.3, 0.4) is 0 Å². The first-order valence-electron chi connectivity index (χ1n) is 9.46. The van der Waals surface area contributed by atoms with Gasteiger partial charge in [-0.2, -0.15) is 0 Å². The van der Waals surface area contributed by atoms with Crippen molar-refractivity contribution in [1.29, 1.82) is 0 Å². The van der Waals surface area contributed by atoms with Crippen LogP contribution < -0.4 is 10.1 Å². The number of likely N-dealkylation sites (tertiary alicyclic amines) is 1. The average Bonchev–Trinajstić information content (AvgIpc) is 2.71. The van der Waals surface area contributed by atoms with Crippen molar-refractivity contribution in [3.8, 4) is 5.88 Å². The van der Waals surface area contributed by atoms with Crippen LogP contribution in [0.1, 0.15) is 28.8 Å². The van der Waals surface area contributed by atoms with Crippen LogP contribution in [-0.4, -0.2) is 54.2 Å². The van der Waals surface area contributed by atoms with Crippen molar-refractivity contribution in [2.45, 2.75) is 25.4 Å². The highest BCUT2D eigenvalue weighted by atomic mass is 19.1. The molecule has 1 aromatic carbocycles. The molecule has 1 N–H and O–H groups in total. The normalized spacial score (nSPS) is 16.0. The third-order valence-corrected chi connectivity index (χ3v) is 4.96. The lowest BCUT2D eigenvalue weighted by Crippen LogP contribution is -2.49. The Labute approximate surface area is 163 Å². The van der Waals surface area contributed by atoms with Gasteiger partial charge < -0.3 is 15.0 Å². The Bertz CT molecular complexity index is 793. The quantitative estimate of drug-likeness (QED) is 0.740. The Kier molecular flexibility index (Phi) is 6.57. The van der Waals surface area contributed by atoms with E-state index in [0.717, 1.165) is 0 Å². The number of benzene rings is 1. The SMILES string of the molecule is Cc1cc(C(=O)N2CCC(F)(CNCCOc3ccccn3)CC2)ccc1F. The number of rotatable bonds is 7. The minimum atomic E-state index is -1.35. The number of carbonyl (C=O) groups is 1. The maximum atomic E-state index is 15.0. The molecule has 0 saturated carbocycles. The highest BCUT2D eigenvalue weighted by Gasteiger charge is 2.35. The minimum Gasteiger partial charge on any atom is -0.476 e. The van der Waals surface area contributed by atoms with Crippen LogP contribution in [-0.2, 0) is 0 Å². The largest absolute Gasteiger partial charge is 0.476 e. The highest BCUT2D eigenvalue weighted by Crippen LogP contribution is 2.27. The molecule has 1 aliphatic heterocycles. The van der Waals surface area contributed by atoms with E-state index in [1.54, 1.807) is 24.1 Å². The van der Waals surface area contributed by atoms with Crippen LogP contribution in [0, 0.1) is 12.7 Å². The molecule has 0 spiro atoms. The fourth-order valence-corrected chi connectivity index (χ4v) is 3.22. The van der Waals surface area contributed by atoms with E-state index in [1.165, 1.54) is 18.2 Å². The first-order chi connectivity index (χ1) is 13.5. The Hall–Kier alpha value is -2.54. The van der Waals surface area contributed by atoms with Crippen molar-refractivity contribution in [2.75, 3.05) is 32.8 Å². The van der Waals surface area contributed by atoms with Gasteiger partial charge in [0.1, 0.15) is 18.1 Å². The summed E-state index contributed by atoms with van der Waals surface area (Å²) in [6.45, 7) is 3.45. The molecule has 0 unspecified atom stereocenters. The third-order valence-electron chi connectivity index (χ3n) is 4.96. The van der Waals surface area contributed by atoms with E-state index in [1.807, 2.05) is 12.1 Å². The summed E-state index contributed by atoms with van der Waals surface area (Å²) in [5, 5.41) is 3.08. The molecule has 0 bridgehead atoms. The average molecular weight is 389 g/mol. The van der Waals surface area contributed by atoms with Crippen molar-refractivity contribution in [1.82, 2.24) is 15.2 Å². The van der Waals surface area contributed by atoms with E-state index in [-0.39, 0.29) is 31.1 Å². The smallest absolute Gasteiger partial charge is 0.253 e. The fourth-order valence-electron chi connectivity index (χ4n) is 3.22. The van der Waals surface area contributed by atoms with Crippen LogP contribution >= 0.6 is 0 Å². The number of pyridine rings is 1. The number of hydrogen-bond donors (Lipinski definition) is 1. The molecule has 1 aliphatic rings. The van der Waals surface area contributed by atoms with E-state index in [2.05, 4.69) is 10.3 Å². The van der Waals surface area contributed by atoms with Gasteiger partial charge in [0.15, 0.2) is 0 Å². The predicted molar refractivity (Wildman–Crippen MR) is 103 cm³/mol. The highest BCUT2D eigenvalue weighted by molar-refractivity contribution is 5.94. The number of nitrogens with zero attached hydrogens (tertiary/aromatic N) is 2. The first-order valence-corrected chi connectivity index (χ1v) is 9.46. The maximum Gasteiger partial charge on any atom is 0.253 e. The van der Waals surface area contributed by atoms with Crippen molar-refractivity contribution in [2.24, 2.45) is 0 Å². The summed E-state index contributed by atoms with van der Waals surface area (Å²) in [7, 11) is 0. The minimum absolute atomic E-state index is 0.179. The lowest BCUT2D eigenvalue weighted by Gasteiger charge is -2.36. The third kappa shape index (κ3) is 5.25. The predicted octanol–water partition coefficient (Wildman–Crippen LogP) is 3.14. The monoisotopic (exact) mass is 389 g/mol. The number of aryl methyl sites for hydroxylation is 1. The number of nitrogens with one attached hydrogen (secondary N) is 1. The van der Waals surface area contributed by atoms with Crippen molar-refractivity contribution < 1.29 is 18.3 Å². The van der Waals surface area contributed by atoms with Gasteiger partial charge in [0.05, 0.1) is 0 Å². The second-order valence-corrected chi connectivity index (χ2v) is 7.10. The molecule has 0 aliphatic carbocycles. The summed E-state index contributed by atoms with van der Waals surface area (Å²) >= 11 is 0. The van der Waals surface area contributed by atoms with Gasteiger partial charge in [0.2, 0.25) is 5.88 Å². The molecule has 1 saturated heterocycles. The summed E-state index contributed by atoms with van der Waals surface area (Å²) in [5.74, 6) is 0.0278. The summed E-state index contributed by atoms with van der Waals surface area (Å²) in [4.78, 5) is 18.2. The molecule has 3 rings (SSSR count). The van der Waals surface area contributed by atoms with Crippen LogP contribution in [0.25, 0.3) is 0 Å². The molecule has 2 aromatic rings. The van der Waals surface area contributed by atoms with Gasteiger partial charge in [0.25, 0.3) is 5.91 Å². The molecule has 1 amide bonds. The van der Waals surface area contributed by atoms with Gasteiger partial charge in [-0.15, -0.1) is 0 Å². The molecule has 0 radical (unpaired) electrons. The number of piperidine rings is 1. The van der Waals surface area contributed by atoms with Crippen LogP contribution in [0.4, 0.5) is 8.78 Å². The molecular weight excluding hydrogens is 364 g/mol. The number of hydrogen-bond acceptors (Lipinski definition) is 4. The zero-order valence-corrected chi connectivity index (χ0v) is 16.0. The molecule has 1 fully saturated rings. The molecule has 7 heteroatoms. The molecule has 28 heavy (non-hydrogen) atoms. The molecule has 150 valence electrons. The second kappa shape index (κ2) is 9.10. The number of alkyl halides is 1. The number of ether oxygens (including phenoxy) is 1. The summed E-state index contributed by atoms with van der Waals surface area (Å²) in [6, 6.07) is 9.74. The van der Waals surface area contributed by atoms with Gasteiger partial charge in [-0.3, -0.25) is 4.79 Å². The maximum absolute atomic E-state index is 15.0. The van der Waals surface area contributed by atoms with Crippen LogP contribution in [0.15, 0.2) is 42.6 Å². The molecule has 2 heterocycles. The number of halogens is 2. The van der Waals surface area contributed by atoms with Gasteiger partial charge >= 0.3 is 0 Å². The van der Waals surface area contributed by atoms with E-state index >= 15 is 0 Å². The lowest BCUT2D eigenvalue weighted by molar-refractivity contribution is 0.0433. The van der Waals surface area contributed by atoms with E-state index in [4.69, 9.17) is 4.74 Å². The first kappa shape index (κ1) is 20.2. The topological polar surface area (TPSA) is 54.5 Å². The zero-order chi connectivity index (χ0) is 20.0. The standard InChI is InChI=1S/C21H25F2N3O2/c1-16-14-17(5-6-18(16)22)20(27)26-11-7-21(23,8-12-26)15-24-10-13-28-19-4-2-3-9-25-19/h2-6,9,14,24H,7-8,10-13,15H2,1H3. The van der Waals surface area contributed by atoms with Crippen molar-refractivity contribution in [3.05, 3.63) is 59.5 Å². The number of aromatic nitrogens is 1. The molecule has 0 atom stereocenters. The van der Waals surface area contributed by atoms with Crippen LogP contribution in [0.2, 0.25) is 0 Å². The van der Waals surface area contributed by atoms with E-state index in [9.17, 15) is 13.6 Å². The molecule has 1 aromatic heterocycles. The van der Waals surface area contributed by atoms with E-state index < -0.39 is 5.67 Å². The van der Waals surface area contributed by atoms with Gasteiger partial charge in [-0.05, 0) is 36.8 Å². The number of carbonyl (C=O) groups excluding carboxylic acids is 1. The second-order valence-electron chi connectivity index (χ2n) is 7.10. The Morgan fingerprint density at radius 1 is 1.29 bits per heavy atom. The van der Waals surface area contributed by atoms with Crippen molar-refractivity contribution >= 4 is 5.91 Å². The summed E-state index contributed by atoms with van der Waals surface area (Å²) in [6.07, 6.45) is 2.20. The Morgan fingerprint density at radius 3 is 2.75 bits per heavy atom. The van der Waals surface area contributed by atoms with E-state index in [0.29, 0.717) is 43.2 Å². The Balaban J connectivity index is 1.40. The molecular formula is C21H25F2N3O2. The molecule has 5 nitrogen and oxygen atoms in total. The van der Waals surface area contributed by atoms with Gasteiger partial charge in [-0.1, -0.05) is 6.07 Å². The van der Waals surface area contributed by atoms with Gasteiger partial charge in [0, 0.05) is 56.8 Å². The summed E-state index contributed by atoms with van der Waals surface area (Å²) < 4.78 is 33.8. The zero-order valence-electron chi connectivity index (χ0n) is 16.0.